The smallest absolute Gasteiger partial charge is 0.273 e. The van der Waals surface area contributed by atoms with Crippen LogP contribution in [0.4, 0.5) is 5.69 Å². The van der Waals surface area contributed by atoms with Crippen LogP contribution in [0.2, 0.25) is 0 Å². The minimum absolute atomic E-state index is 0.00167. The van der Waals surface area contributed by atoms with Gasteiger partial charge in [0.15, 0.2) is 0 Å². The molecule has 0 bridgehead atoms. The summed E-state index contributed by atoms with van der Waals surface area (Å²) in [6, 6.07) is 6.37. The van der Waals surface area contributed by atoms with Crippen molar-refractivity contribution in [3.8, 4) is 0 Å². The maximum Gasteiger partial charge on any atom is 0.273 e. The van der Waals surface area contributed by atoms with Crippen LogP contribution < -0.4 is 10.6 Å². The Bertz CT molecular complexity index is 525. The van der Waals surface area contributed by atoms with Crippen molar-refractivity contribution in [3.63, 3.8) is 0 Å². The Morgan fingerprint density at radius 1 is 1.48 bits per heavy atom. The summed E-state index contributed by atoms with van der Waals surface area (Å²) in [6.45, 7) is 4.66. The van der Waals surface area contributed by atoms with E-state index in [0.717, 1.165) is 25.9 Å². The van der Waals surface area contributed by atoms with Gasteiger partial charge in [-0.2, -0.15) is 0 Å². The number of para-hydroxylation sites is 1. The molecule has 1 aliphatic rings. The lowest BCUT2D eigenvalue weighted by Gasteiger charge is -2.34. The third-order valence-corrected chi connectivity index (χ3v) is 3.94. The molecule has 1 aliphatic heterocycles. The van der Waals surface area contributed by atoms with Gasteiger partial charge in [-0.15, -0.1) is 0 Å². The summed E-state index contributed by atoms with van der Waals surface area (Å²) in [5, 5.41) is 17.2. The van der Waals surface area contributed by atoms with E-state index in [2.05, 4.69) is 17.6 Å². The van der Waals surface area contributed by atoms with E-state index >= 15 is 0 Å². The predicted octanol–water partition coefficient (Wildman–Crippen LogP) is 1.64. The van der Waals surface area contributed by atoms with Crippen molar-refractivity contribution >= 4 is 11.6 Å². The third kappa shape index (κ3) is 4.26. The van der Waals surface area contributed by atoms with E-state index in [4.69, 9.17) is 0 Å². The van der Waals surface area contributed by atoms with Crippen LogP contribution >= 0.6 is 0 Å². The molecule has 0 radical (unpaired) electrons. The van der Waals surface area contributed by atoms with Gasteiger partial charge in [-0.3, -0.25) is 14.9 Å². The SMILES string of the molecule is CC1(CNC(=O)Cc2ccccc2[N+](=O)[O-])CCCNC1. The van der Waals surface area contributed by atoms with Crippen LogP contribution in [0.3, 0.4) is 0 Å². The average molecular weight is 291 g/mol. The zero-order chi connectivity index (χ0) is 15.3. The zero-order valence-electron chi connectivity index (χ0n) is 12.2. The van der Waals surface area contributed by atoms with Gasteiger partial charge in [0, 0.05) is 24.7 Å². The first-order valence-electron chi connectivity index (χ1n) is 7.20. The van der Waals surface area contributed by atoms with Crippen molar-refractivity contribution in [2.24, 2.45) is 5.41 Å². The van der Waals surface area contributed by atoms with Gasteiger partial charge in [-0.1, -0.05) is 25.1 Å². The van der Waals surface area contributed by atoms with Crippen molar-refractivity contribution in [2.45, 2.75) is 26.2 Å². The van der Waals surface area contributed by atoms with Crippen LogP contribution in [0.15, 0.2) is 24.3 Å². The second-order valence-corrected chi connectivity index (χ2v) is 5.93. The summed E-state index contributed by atoms with van der Waals surface area (Å²) >= 11 is 0. The number of nitrogens with one attached hydrogen (secondary N) is 2. The molecule has 1 fully saturated rings. The van der Waals surface area contributed by atoms with Crippen molar-refractivity contribution in [1.82, 2.24) is 10.6 Å². The topological polar surface area (TPSA) is 84.3 Å². The molecule has 21 heavy (non-hydrogen) atoms. The number of nitro benzene ring substituents is 1. The van der Waals surface area contributed by atoms with E-state index in [-0.39, 0.29) is 23.4 Å². The Labute approximate surface area is 124 Å². The van der Waals surface area contributed by atoms with E-state index in [1.165, 1.54) is 6.07 Å². The third-order valence-electron chi connectivity index (χ3n) is 3.94. The summed E-state index contributed by atoms with van der Waals surface area (Å²) in [4.78, 5) is 22.5. The molecule has 1 unspecified atom stereocenters. The standard InChI is InChI=1S/C15H21N3O3/c1-15(7-4-8-16-10-15)11-17-14(19)9-12-5-2-3-6-13(12)18(20)21/h2-3,5-6,16H,4,7-11H2,1H3,(H,17,19). The van der Waals surface area contributed by atoms with E-state index in [1.807, 2.05) is 0 Å². The van der Waals surface area contributed by atoms with E-state index < -0.39 is 4.92 Å². The molecule has 0 saturated carbocycles. The number of hydrogen-bond donors (Lipinski definition) is 2. The highest BCUT2D eigenvalue weighted by Crippen LogP contribution is 2.24. The summed E-state index contributed by atoms with van der Waals surface area (Å²) in [5.41, 5.74) is 0.515. The highest BCUT2D eigenvalue weighted by molar-refractivity contribution is 5.79. The maximum atomic E-state index is 12.0. The fourth-order valence-corrected chi connectivity index (χ4v) is 2.66. The lowest BCUT2D eigenvalue weighted by molar-refractivity contribution is -0.385. The van der Waals surface area contributed by atoms with Crippen molar-refractivity contribution < 1.29 is 9.72 Å². The van der Waals surface area contributed by atoms with Crippen molar-refractivity contribution in [2.75, 3.05) is 19.6 Å². The molecule has 2 N–H and O–H groups in total. The molecule has 1 aromatic rings. The molecule has 1 amide bonds. The molecule has 1 heterocycles. The van der Waals surface area contributed by atoms with Gasteiger partial charge in [-0.25, -0.2) is 0 Å². The van der Waals surface area contributed by atoms with Gasteiger partial charge in [0.25, 0.3) is 5.69 Å². The number of amides is 1. The molecule has 1 atom stereocenters. The molecule has 0 aromatic heterocycles. The second kappa shape index (κ2) is 6.67. The number of benzene rings is 1. The number of piperidine rings is 1. The first-order valence-corrected chi connectivity index (χ1v) is 7.20. The Kier molecular flexibility index (Phi) is 4.90. The van der Waals surface area contributed by atoms with Gasteiger partial charge in [0.05, 0.1) is 11.3 Å². The zero-order valence-corrected chi connectivity index (χ0v) is 12.2. The largest absolute Gasteiger partial charge is 0.355 e. The predicted molar refractivity (Wildman–Crippen MR) is 80.0 cm³/mol. The minimum atomic E-state index is -0.449. The first kappa shape index (κ1) is 15.4. The number of carbonyl (C=O) groups excluding carboxylic acids is 1. The normalized spacial score (nSPS) is 21.8. The quantitative estimate of drug-likeness (QED) is 0.638. The number of rotatable bonds is 5. The Morgan fingerprint density at radius 2 is 2.24 bits per heavy atom. The highest BCUT2D eigenvalue weighted by atomic mass is 16.6. The maximum absolute atomic E-state index is 12.0. The molecule has 0 aliphatic carbocycles. The molecular weight excluding hydrogens is 270 g/mol. The number of carbonyl (C=O) groups is 1. The van der Waals surface area contributed by atoms with Crippen LogP contribution in [0.25, 0.3) is 0 Å². The van der Waals surface area contributed by atoms with Crippen LogP contribution in [0, 0.1) is 15.5 Å². The summed E-state index contributed by atoms with van der Waals surface area (Å²) in [6.07, 6.45) is 2.23. The fourth-order valence-electron chi connectivity index (χ4n) is 2.66. The lowest BCUT2D eigenvalue weighted by atomic mass is 9.83. The Hall–Kier alpha value is -1.95. The Balaban J connectivity index is 1.91. The molecule has 6 heteroatoms. The average Bonchev–Trinajstić information content (AvgIpc) is 2.46. The van der Waals surface area contributed by atoms with Crippen LogP contribution in [0.5, 0.6) is 0 Å². The van der Waals surface area contributed by atoms with Crippen LogP contribution in [-0.4, -0.2) is 30.5 Å². The van der Waals surface area contributed by atoms with Gasteiger partial charge >= 0.3 is 0 Å². The lowest BCUT2D eigenvalue weighted by Crippen LogP contribution is -2.46. The number of nitrogens with zero attached hydrogens (tertiary/aromatic N) is 1. The van der Waals surface area contributed by atoms with Crippen LogP contribution in [0.1, 0.15) is 25.3 Å². The van der Waals surface area contributed by atoms with E-state index in [0.29, 0.717) is 12.1 Å². The molecule has 2 rings (SSSR count). The molecule has 0 spiro atoms. The summed E-state index contributed by atoms with van der Waals surface area (Å²) in [7, 11) is 0. The molecule has 1 saturated heterocycles. The molecule has 114 valence electrons. The van der Waals surface area contributed by atoms with Gasteiger partial charge in [0.2, 0.25) is 5.91 Å². The van der Waals surface area contributed by atoms with E-state index in [9.17, 15) is 14.9 Å². The summed E-state index contributed by atoms with van der Waals surface area (Å²) < 4.78 is 0. The minimum Gasteiger partial charge on any atom is -0.355 e. The fraction of sp³-hybridized carbons (Fsp3) is 0.533. The second-order valence-electron chi connectivity index (χ2n) is 5.93. The monoisotopic (exact) mass is 291 g/mol. The number of nitro groups is 1. The Morgan fingerprint density at radius 3 is 2.90 bits per heavy atom. The molecule has 6 nitrogen and oxygen atoms in total. The number of hydrogen-bond acceptors (Lipinski definition) is 4. The molecule has 1 aromatic carbocycles. The summed E-state index contributed by atoms with van der Waals surface area (Å²) in [5.74, 6) is -0.170. The van der Waals surface area contributed by atoms with E-state index in [1.54, 1.807) is 18.2 Å². The first-order chi connectivity index (χ1) is 10.0. The van der Waals surface area contributed by atoms with Gasteiger partial charge in [0.1, 0.15) is 0 Å². The van der Waals surface area contributed by atoms with Gasteiger partial charge in [-0.05, 0) is 24.8 Å². The molecular formula is C15H21N3O3. The van der Waals surface area contributed by atoms with Crippen molar-refractivity contribution in [1.29, 1.82) is 0 Å². The highest BCUT2D eigenvalue weighted by Gasteiger charge is 2.27. The van der Waals surface area contributed by atoms with Crippen molar-refractivity contribution in [3.05, 3.63) is 39.9 Å². The van der Waals surface area contributed by atoms with Crippen LogP contribution in [-0.2, 0) is 11.2 Å². The van der Waals surface area contributed by atoms with Gasteiger partial charge < -0.3 is 10.6 Å².